The Morgan fingerprint density at radius 3 is 3.00 bits per heavy atom. The predicted octanol–water partition coefficient (Wildman–Crippen LogP) is 1.59. The number of ether oxygens (including phenoxy) is 2. The van der Waals surface area contributed by atoms with Crippen molar-refractivity contribution in [3.05, 3.63) is 24.0 Å². The molecule has 0 spiro atoms. The molecule has 1 aromatic rings. The van der Waals surface area contributed by atoms with Gasteiger partial charge in [0.1, 0.15) is 5.56 Å². The van der Waals surface area contributed by atoms with Gasteiger partial charge in [-0.3, -0.25) is 4.98 Å². The van der Waals surface area contributed by atoms with E-state index in [4.69, 9.17) is 14.6 Å². The first kappa shape index (κ1) is 11.9. The normalized spacial score (nSPS) is 16.7. The molecule has 0 amide bonds. The molecular weight excluding hydrogens is 222 g/mol. The Balaban J connectivity index is 1.96. The second kappa shape index (κ2) is 5.63. The highest BCUT2D eigenvalue weighted by Gasteiger charge is 2.16. The van der Waals surface area contributed by atoms with Gasteiger partial charge in [-0.2, -0.15) is 0 Å². The van der Waals surface area contributed by atoms with Crippen LogP contribution in [-0.4, -0.2) is 35.9 Å². The Bertz CT molecular complexity index is 388. The van der Waals surface area contributed by atoms with Crippen LogP contribution in [0.1, 0.15) is 23.2 Å². The van der Waals surface area contributed by atoms with Crippen LogP contribution in [0.5, 0.6) is 5.75 Å². The van der Waals surface area contributed by atoms with Gasteiger partial charge in [0.2, 0.25) is 0 Å². The first-order valence-corrected chi connectivity index (χ1v) is 5.65. The van der Waals surface area contributed by atoms with Gasteiger partial charge in [0.05, 0.1) is 12.8 Å². The van der Waals surface area contributed by atoms with Crippen LogP contribution in [0.3, 0.4) is 0 Å². The molecule has 1 aliphatic heterocycles. The minimum Gasteiger partial charge on any atom is -0.491 e. The number of hydrogen-bond donors (Lipinski definition) is 1. The number of rotatable bonds is 4. The summed E-state index contributed by atoms with van der Waals surface area (Å²) in [7, 11) is 0. The lowest BCUT2D eigenvalue weighted by atomic mass is 10.0. The van der Waals surface area contributed by atoms with Gasteiger partial charge in [-0.15, -0.1) is 0 Å². The van der Waals surface area contributed by atoms with Gasteiger partial charge in [0.15, 0.2) is 5.75 Å². The van der Waals surface area contributed by atoms with Crippen LogP contribution in [0.15, 0.2) is 18.5 Å². The molecule has 0 aromatic carbocycles. The maximum absolute atomic E-state index is 10.9. The monoisotopic (exact) mass is 237 g/mol. The summed E-state index contributed by atoms with van der Waals surface area (Å²) in [4.78, 5) is 14.8. The molecule has 2 heterocycles. The predicted molar refractivity (Wildman–Crippen MR) is 60.2 cm³/mol. The van der Waals surface area contributed by atoms with Crippen molar-refractivity contribution in [3.8, 4) is 5.75 Å². The Kier molecular flexibility index (Phi) is 3.93. The van der Waals surface area contributed by atoms with E-state index in [1.807, 2.05) is 0 Å². The average molecular weight is 237 g/mol. The summed E-state index contributed by atoms with van der Waals surface area (Å²) in [5.74, 6) is -0.216. The van der Waals surface area contributed by atoms with Crippen LogP contribution in [-0.2, 0) is 4.74 Å². The highest BCUT2D eigenvalue weighted by atomic mass is 16.5. The van der Waals surface area contributed by atoms with Gasteiger partial charge in [0.25, 0.3) is 0 Å². The number of pyridine rings is 1. The number of aromatic carboxylic acids is 1. The number of carboxylic acid groups (broad SMARTS) is 1. The number of nitrogens with zero attached hydrogens (tertiary/aromatic N) is 1. The zero-order chi connectivity index (χ0) is 12.1. The van der Waals surface area contributed by atoms with Crippen molar-refractivity contribution in [1.29, 1.82) is 0 Å². The second-order valence-electron chi connectivity index (χ2n) is 4.04. The smallest absolute Gasteiger partial charge is 0.339 e. The molecule has 0 aliphatic carbocycles. The third-order valence-corrected chi connectivity index (χ3v) is 2.83. The molecule has 2 rings (SSSR count). The van der Waals surface area contributed by atoms with Crippen molar-refractivity contribution in [2.45, 2.75) is 12.8 Å². The van der Waals surface area contributed by atoms with Gasteiger partial charge in [-0.05, 0) is 24.8 Å². The largest absolute Gasteiger partial charge is 0.491 e. The number of hydrogen-bond acceptors (Lipinski definition) is 4. The molecule has 0 saturated carbocycles. The second-order valence-corrected chi connectivity index (χ2v) is 4.04. The number of carboxylic acids is 1. The van der Waals surface area contributed by atoms with Gasteiger partial charge in [0, 0.05) is 19.4 Å². The Hall–Kier alpha value is -1.62. The van der Waals surface area contributed by atoms with Crippen molar-refractivity contribution in [3.63, 3.8) is 0 Å². The molecule has 0 atom stereocenters. The highest BCUT2D eigenvalue weighted by molar-refractivity contribution is 5.90. The molecule has 0 radical (unpaired) electrons. The molecule has 5 nitrogen and oxygen atoms in total. The molecule has 1 aliphatic rings. The fourth-order valence-corrected chi connectivity index (χ4v) is 1.79. The average Bonchev–Trinajstić information content (AvgIpc) is 2.38. The summed E-state index contributed by atoms with van der Waals surface area (Å²) >= 11 is 0. The molecule has 92 valence electrons. The lowest BCUT2D eigenvalue weighted by Gasteiger charge is -2.22. The van der Waals surface area contributed by atoms with Crippen LogP contribution in [0, 0.1) is 5.92 Å². The molecule has 0 bridgehead atoms. The maximum Gasteiger partial charge on any atom is 0.339 e. The first-order chi connectivity index (χ1) is 8.27. The van der Waals surface area contributed by atoms with Gasteiger partial charge in [-0.25, -0.2) is 4.79 Å². The molecule has 0 unspecified atom stereocenters. The molecule has 5 heteroatoms. The Morgan fingerprint density at radius 1 is 1.53 bits per heavy atom. The van der Waals surface area contributed by atoms with E-state index < -0.39 is 5.97 Å². The summed E-state index contributed by atoms with van der Waals surface area (Å²) in [5.41, 5.74) is 0.159. The molecule has 1 fully saturated rings. The van der Waals surface area contributed by atoms with Crippen LogP contribution < -0.4 is 4.74 Å². The summed E-state index contributed by atoms with van der Waals surface area (Å²) < 4.78 is 10.8. The molecule has 17 heavy (non-hydrogen) atoms. The number of carbonyl (C=O) groups is 1. The van der Waals surface area contributed by atoms with E-state index in [-0.39, 0.29) is 5.56 Å². The number of aromatic nitrogens is 1. The SMILES string of the molecule is O=C(O)c1ccncc1OCC1CCOCC1. The summed E-state index contributed by atoms with van der Waals surface area (Å²) in [6.07, 6.45) is 4.82. The van der Waals surface area contributed by atoms with Crippen LogP contribution in [0.25, 0.3) is 0 Å². The lowest BCUT2D eigenvalue weighted by molar-refractivity contribution is 0.0489. The van der Waals surface area contributed by atoms with E-state index in [1.165, 1.54) is 18.5 Å². The van der Waals surface area contributed by atoms with Crippen LogP contribution >= 0.6 is 0 Å². The van der Waals surface area contributed by atoms with Crippen molar-refractivity contribution in [2.75, 3.05) is 19.8 Å². The Labute approximate surface area is 99.4 Å². The third-order valence-electron chi connectivity index (χ3n) is 2.83. The van der Waals surface area contributed by atoms with E-state index in [2.05, 4.69) is 4.98 Å². The minimum atomic E-state index is -0.991. The highest BCUT2D eigenvalue weighted by Crippen LogP contribution is 2.20. The molecular formula is C12H15NO4. The topological polar surface area (TPSA) is 68.7 Å². The van der Waals surface area contributed by atoms with Crippen molar-refractivity contribution < 1.29 is 19.4 Å². The van der Waals surface area contributed by atoms with Crippen molar-refractivity contribution in [1.82, 2.24) is 4.98 Å². The van der Waals surface area contributed by atoms with E-state index in [1.54, 1.807) is 0 Å². The fraction of sp³-hybridized carbons (Fsp3) is 0.500. The van der Waals surface area contributed by atoms with E-state index >= 15 is 0 Å². The summed E-state index contributed by atoms with van der Waals surface area (Å²) in [6.45, 7) is 2.04. The summed E-state index contributed by atoms with van der Waals surface area (Å²) in [5, 5.41) is 8.97. The molecule has 1 saturated heterocycles. The quantitative estimate of drug-likeness (QED) is 0.861. The lowest BCUT2D eigenvalue weighted by Crippen LogP contribution is -2.22. The van der Waals surface area contributed by atoms with Crippen molar-refractivity contribution in [2.24, 2.45) is 5.92 Å². The zero-order valence-electron chi connectivity index (χ0n) is 9.46. The fourth-order valence-electron chi connectivity index (χ4n) is 1.79. The van der Waals surface area contributed by atoms with Gasteiger partial charge < -0.3 is 14.6 Å². The van der Waals surface area contributed by atoms with E-state index in [9.17, 15) is 4.79 Å². The van der Waals surface area contributed by atoms with E-state index in [0.29, 0.717) is 18.3 Å². The van der Waals surface area contributed by atoms with Crippen LogP contribution in [0.2, 0.25) is 0 Å². The van der Waals surface area contributed by atoms with Crippen molar-refractivity contribution >= 4 is 5.97 Å². The minimum absolute atomic E-state index is 0.159. The van der Waals surface area contributed by atoms with Gasteiger partial charge >= 0.3 is 5.97 Å². The van der Waals surface area contributed by atoms with Crippen LogP contribution in [0.4, 0.5) is 0 Å². The van der Waals surface area contributed by atoms with E-state index in [0.717, 1.165) is 26.1 Å². The first-order valence-electron chi connectivity index (χ1n) is 5.65. The third kappa shape index (κ3) is 3.17. The standard InChI is InChI=1S/C12H15NO4/c14-12(15)10-1-4-13-7-11(10)17-8-9-2-5-16-6-3-9/h1,4,7,9H,2-3,5-6,8H2,(H,14,15). The summed E-state index contributed by atoms with van der Waals surface area (Å²) in [6, 6.07) is 1.45. The van der Waals surface area contributed by atoms with Gasteiger partial charge in [-0.1, -0.05) is 0 Å². The zero-order valence-corrected chi connectivity index (χ0v) is 9.46. The molecule has 1 N–H and O–H groups in total. The Morgan fingerprint density at radius 2 is 2.29 bits per heavy atom. The molecule has 1 aromatic heterocycles. The maximum atomic E-state index is 10.9.